The van der Waals surface area contributed by atoms with E-state index in [0.29, 0.717) is 16.9 Å². The van der Waals surface area contributed by atoms with Crippen molar-refractivity contribution >= 4 is 17.7 Å². The van der Waals surface area contributed by atoms with Gasteiger partial charge >= 0.3 is 0 Å². The fourth-order valence-electron chi connectivity index (χ4n) is 4.23. The Balaban J connectivity index is 1.20. The molecule has 7 heteroatoms. The summed E-state index contributed by atoms with van der Waals surface area (Å²) in [4.78, 5) is 17.0. The second-order valence-corrected chi connectivity index (χ2v) is 9.10. The quantitative estimate of drug-likeness (QED) is 0.669. The summed E-state index contributed by atoms with van der Waals surface area (Å²) >= 11 is 1.37. The first-order valence-corrected chi connectivity index (χ1v) is 11.7. The number of carbonyl (C=O) groups excluding carboxylic acids is 1. The standard InChI is InChI=1S/C22H30N4O2S/c1-17-6-5-7-18(14-17)15-25-10-12-26(13-11-25)20(27)16-29-22-24-23-21(28-22)19-8-3-2-4-9-19/h5-7,14,19H,2-4,8-13,15-16H2,1H3. The average Bonchev–Trinajstić information content (AvgIpc) is 3.22. The summed E-state index contributed by atoms with van der Waals surface area (Å²) in [6.07, 6.45) is 6.06. The molecule has 1 saturated heterocycles. The minimum absolute atomic E-state index is 0.155. The minimum Gasteiger partial charge on any atom is -0.416 e. The Labute approximate surface area is 177 Å². The predicted octanol–water partition coefficient (Wildman–Crippen LogP) is 3.86. The predicted molar refractivity (Wildman–Crippen MR) is 114 cm³/mol. The number of hydrogen-bond acceptors (Lipinski definition) is 6. The van der Waals surface area contributed by atoms with Gasteiger partial charge in [0.25, 0.3) is 5.22 Å². The van der Waals surface area contributed by atoms with E-state index in [1.807, 2.05) is 4.90 Å². The number of aromatic nitrogens is 2. The second kappa shape index (κ2) is 9.76. The maximum atomic E-state index is 12.6. The number of amides is 1. The highest BCUT2D eigenvalue weighted by Gasteiger charge is 2.24. The lowest BCUT2D eigenvalue weighted by atomic mass is 9.89. The molecule has 156 valence electrons. The van der Waals surface area contributed by atoms with Crippen molar-refractivity contribution in [3.63, 3.8) is 0 Å². The van der Waals surface area contributed by atoms with Crippen molar-refractivity contribution in [2.45, 2.75) is 56.7 Å². The highest BCUT2D eigenvalue weighted by atomic mass is 32.2. The van der Waals surface area contributed by atoms with Crippen LogP contribution in [-0.2, 0) is 11.3 Å². The number of hydrogen-bond donors (Lipinski definition) is 0. The third kappa shape index (κ3) is 5.60. The van der Waals surface area contributed by atoms with Crippen molar-refractivity contribution in [2.24, 2.45) is 0 Å². The van der Waals surface area contributed by atoms with Crippen LogP contribution in [0.3, 0.4) is 0 Å². The van der Waals surface area contributed by atoms with Crippen LogP contribution in [0.5, 0.6) is 0 Å². The van der Waals surface area contributed by atoms with Gasteiger partial charge in [0.2, 0.25) is 11.8 Å². The molecule has 2 fully saturated rings. The van der Waals surface area contributed by atoms with E-state index in [2.05, 4.69) is 46.3 Å². The van der Waals surface area contributed by atoms with Gasteiger partial charge in [-0.2, -0.15) is 0 Å². The summed E-state index contributed by atoms with van der Waals surface area (Å²) < 4.78 is 5.82. The van der Waals surface area contributed by atoms with E-state index in [9.17, 15) is 4.79 Å². The van der Waals surface area contributed by atoms with E-state index in [1.165, 1.54) is 42.2 Å². The third-order valence-electron chi connectivity index (χ3n) is 5.91. The maximum Gasteiger partial charge on any atom is 0.277 e. The van der Waals surface area contributed by atoms with Crippen molar-refractivity contribution < 1.29 is 9.21 Å². The van der Waals surface area contributed by atoms with Gasteiger partial charge in [0.15, 0.2) is 0 Å². The summed E-state index contributed by atoms with van der Waals surface area (Å²) in [7, 11) is 0. The van der Waals surface area contributed by atoms with Crippen LogP contribution in [0.4, 0.5) is 0 Å². The van der Waals surface area contributed by atoms with Crippen LogP contribution >= 0.6 is 11.8 Å². The first-order chi connectivity index (χ1) is 14.2. The van der Waals surface area contributed by atoms with Crippen LogP contribution in [0, 0.1) is 6.92 Å². The van der Waals surface area contributed by atoms with E-state index < -0.39 is 0 Å². The van der Waals surface area contributed by atoms with Crippen molar-refractivity contribution in [2.75, 3.05) is 31.9 Å². The molecule has 0 unspecified atom stereocenters. The Hall–Kier alpha value is -1.86. The van der Waals surface area contributed by atoms with Gasteiger partial charge in [-0.25, -0.2) is 0 Å². The van der Waals surface area contributed by atoms with Crippen LogP contribution in [0.2, 0.25) is 0 Å². The van der Waals surface area contributed by atoms with Crippen LogP contribution in [0.15, 0.2) is 33.9 Å². The Morgan fingerprint density at radius 1 is 1.14 bits per heavy atom. The van der Waals surface area contributed by atoms with Gasteiger partial charge < -0.3 is 9.32 Å². The molecular formula is C22H30N4O2S. The topological polar surface area (TPSA) is 62.5 Å². The summed E-state index contributed by atoms with van der Waals surface area (Å²) in [5.74, 6) is 1.68. The summed E-state index contributed by atoms with van der Waals surface area (Å²) in [5.41, 5.74) is 2.63. The lowest BCUT2D eigenvalue weighted by Gasteiger charge is -2.34. The van der Waals surface area contributed by atoms with Gasteiger partial charge in [-0.1, -0.05) is 60.9 Å². The van der Waals surface area contributed by atoms with Gasteiger partial charge in [0.05, 0.1) is 5.75 Å². The molecule has 1 aromatic heterocycles. The van der Waals surface area contributed by atoms with Crippen LogP contribution in [0.1, 0.15) is 55.0 Å². The number of rotatable bonds is 6. The van der Waals surface area contributed by atoms with Crippen molar-refractivity contribution in [3.05, 3.63) is 41.3 Å². The maximum absolute atomic E-state index is 12.6. The fraction of sp³-hybridized carbons (Fsp3) is 0.591. The van der Waals surface area contributed by atoms with Gasteiger partial charge in [-0.15, -0.1) is 10.2 Å². The van der Waals surface area contributed by atoms with E-state index in [0.717, 1.165) is 51.5 Å². The highest BCUT2D eigenvalue weighted by molar-refractivity contribution is 7.99. The monoisotopic (exact) mass is 414 g/mol. The molecule has 2 aliphatic rings. The number of benzene rings is 1. The minimum atomic E-state index is 0.155. The second-order valence-electron chi connectivity index (χ2n) is 8.18. The number of thioether (sulfide) groups is 1. The number of aryl methyl sites for hydroxylation is 1. The van der Waals surface area contributed by atoms with Crippen molar-refractivity contribution in [1.82, 2.24) is 20.0 Å². The molecule has 1 amide bonds. The van der Waals surface area contributed by atoms with Crippen molar-refractivity contribution in [1.29, 1.82) is 0 Å². The summed E-state index contributed by atoms with van der Waals surface area (Å²) in [6, 6.07) is 8.64. The third-order valence-corrected chi connectivity index (χ3v) is 6.71. The Kier molecular flexibility index (Phi) is 6.87. The molecular weight excluding hydrogens is 384 g/mol. The van der Waals surface area contributed by atoms with Gasteiger partial charge in [-0.05, 0) is 25.3 Å². The van der Waals surface area contributed by atoms with Gasteiger partial charge in [0.1, 0.15) is 0 Å². The number of nitrogens with zero attached hydrogens (tertiary/aromatic N) is 4. The molecule has 1 aliphatic heterocycles. The zero-order valence-corrected chi connectivity index (χ0v) is 18.0. The zero-order valence-electron chi connectivity index (χ0n) is 17.2. The molecule has 0 radical (unpaired) electrons. The molecule has 6 nitrogen and oxygen atoms in total. The zero-order chi connectivity index (χ0) is 20.1. The van der Waals surface area contributed by atoms with E-state index in [4.69, 9.17) is 4.42 Å². The largest absolute Gasteiger partial charge is 0.416 e. The smallest absolute Gasteiger partial charge is 0.277 e. The summed E-state index contributed by atoms with van der Waals surface area (Å²) in [6.45, 7) is 6.46. The van der Waals surface area contributed by atoms with Crippen molar-refractivity contribution in [3.8, 4) is 0 Å². The van der Waals surface area contributed by atoms with Crippen LogP contribution in [0.25, 0.3) is 0 Å². The molecule has 0 N–H and O–H groups in total. The van der Waals surface area contributed by atoms with Crippen LogP contribution in [-0.4, -0.2) is 57.8 Å². The fourth-order valence-corrected chi connectivity index (χ4v) is 4.90. The SMILES string of the molecule is Cc1cccc(CN2CCN(C(=O)CSc3nnc(C4CCCCC4)o3)CC2)c1. The molecule has 29 heavy (non-hydrogen) atoms. The normalized spacial score (nSPS) is 18.9. The van der Waals surface area contributed by atoms with E-state index in [-0.39, 0.29) is 5.91 Å². The van der Waals surface area contributed by atoms with Crippen LogP contribution < -0.4 is 0 Å². The Bertz CT molecular complexity index is 811. The highest BCUT2D eigenvalue weighted by Crippen LogP contribution is 2.32. The molecule has 1 aromatic carbocycles. The Morgan fingerprint density at radius 2 is 1.93 bits per heavy atom. The lowest BCUT2D eigenvalue weighted by molar-refractivity contribution is -0.130. The molecule has 0 atom stereocenters. The number of piperazine rings is 1. The molecule has 4 rings (SSSR count). The van der Waals surface area contributed by atoms with E-state index in [1.54, 1.807) is 0 Å². The molecule has 1 aliphatic carbocycles. The molecule has 2 aromatic rings. The molecule has 0 bridgehead atoms. The molecule has 0 spiro atoms. The molecule has 1 saturated carbocycles. The van der Waals surface area contributed by atoms with Gasteiger partial charge in [-0.3, -0.25) is 9.69 Å². The Morgan fingerprint density at radius 3 is 2.69 bits per heavy atom. The van der Waals surface area contributed by atoms with Gasteiger partial charge in [0, 0.05) is 38.6 Å². The first-order valence-electron chi connectivity index (χ1n) is 10.7. The first kappa shape index (κ1) is 20.4. The van der Waals surface area contributed by atoms with E-state index >= 15 is 0 Å². The lowest BCUT2D eigenvalue weighted by Crippen LogP contribution is -2.48. The molecule has 2 heterocycles. The average molecular weight is 415 g/mol. The number of carbonyl (C=O) groups is 1. The summed E-state index contributed by atoms with van der Waals surface area (Å²) in [5, 5.41) is 8.88.